The molecule has 1 aliphatic heterocycles. The van der Waals surface area contributed by atoms with Crippen LogP contribution in [0.2, 0.25) is 0 Å². The number of fused-ring (bicyclic) bond motifs is 1. The third kappa shape index (κ3) is 1.81. The lowest BCUT2D eigenvalue weighted by Gasteiger charge is -2.19. The van der Waals surface area contributed by atoms with Crippen LogP contribution in [-0.2, 0) is 6.42 Å². The third-order valence-corrected chi connectivity index (χ3v) is 2.53. The van der Waals surface area contributed by atoms with Crippen molar-refractivity contribution in [1.82, 2.24) is 5.43 Å². The van der Waals surface area contributed by atoms with Gasteiger partial charge in [-0.05, 0) is 18.1 Å². The van der Waals surface area contributed by atoms with Gasteiger partial charge in [-0.2, -0.15) is 12.6 Å². The second-order valence-corrected chi connectivity index (χ2v) is 3.61. The first-order valence-electron chi connectivity index (χ1n) is 4.61. The van der Waals surface area contributed by atoms with Crippen LogP contribution >= 0.6 is 12.6 Å². The lowest BCUT2D eigenvalue weighted by Crippen LogP contribution is -2.37. The molecule has 0 radical (unpaired) electrons. The molecule has 70 valence electrons. The van der Waals surface area contributed by atoms with Gasteiger partial charge in [-0.3, -0.25) is 0 Å². The molecule has 1 aromatic carbocycles. The van der Waals surface area contributed by atoms with Crippen molar-refractivity contribution in [3.63, 3.8) is 0 Å². The molecule has 3 heteroatoms. The number of para-hydroxylation sites is 1. The van der Waals surface area contributed by atoms with Crippen LogP contribution in [0.15, 0.2) is 24.3 Å². The molecule has 0 bridgehead atoms. The molecule has 13 heavy (non-hydrogen) atoms. The first kappa shape index (κ1) is 8.91. The number of hydrogen-bond acceptors (Lipinski definition) is 3. The van der Waals surface area contributed by atoms with E-state index in [9.17, 15) is 0 Å². The average molecular weight is 194 g/mol. The van der Waals surface area contributed by atoms with Crippen LogP contribution in [0.5, 0.6) is 0 Å². The molecule has 1 aromatic rings. The Labute approximate surface area is 84.3 Å². The molecule has 0 aliphatic carbocycles. The lowest BCUT2D eigenvalue weighted by molar-refractivity contribution is 0.675. The van der Waals surface area contributed by atoms with Gasteiger partial charge in [0.15, 0.2) is 0 Å². The zero-order valence-electron chi connectivity index (χ0n) is 7.53. The smallest absolute Gasteiger partial charge is 0.0552 e. The van der Waals surface area contributed by atoms with Crippen molar-refractivity contribution in [2.24, 2.45) is 0 Å². The lowest BCUT2D eigenvalue weighted by atomic mass is 10.2. The fourth-order valence-electron chi connectivity index (χ4n) is 1.69. The van der Waals surface area contributed by atoms with E-state index in [0.29, 0.717) is 0 Å². The summed E-state index contributed by atoms with van der Waals surface area (Å²) < 4.78 is 0. The third-order valence-electron chi connectivity index (χ3n) is 2.30. The molecule has 1 aliphatic rings. The van der Waals surface area contributed by atoms with Gasteiger partial charge in [0.1, 0.15) is 0 Å². The Kier molecular flexibility index (Phi) is 2.76. The average Bonchev–Trinajstić information content (AvgIpc) is 2.58. The van der Waals surface area contributed by atoms with E-state index in [-0.39, 0.29) is 0 Å². The van der Waals surface area contributed by atoms with Crippen molar-refractivity contribution in [1.29, 1.82) is 0 Å². The zero-order valence-corrected chi connectivity index (χ0v) is 8.43. The normalized spacial score (nSPS) is 14.7. The maximum atomic E-state index is 4.17. The van der Waals surface area contributed by atoms with Crippen molar-refractivity contribution in [3.05, 3.63) is 29.8 Å². The van der Waals surface area contributed by atoms with E-state index >= 15 is 0 Å². The van der Waals surface area contributed by atoms with Crippen LogP contribution in [0.25, 0.3) is 0 Å². The molecule has 0 saturated carbocycles. The Morgan fingerprint density at radius 1 is 1.38 bits per heavy atom. The van der Waals surface area contributed by atoms with Crippen molar-refractivity contribution in [2.45, 2.75) is 6.42 Å². The summed E-state index contributed by atoms with van der Waals surface area (Å²) in [5.74, 6) is 0.874. The molecule has 0 spiro atoms. The summed E-state index contributed by atoms with van der Waals surface area (Å²) in [6.07, 6.45) is 1.15. The highest BCUT2D eigenvalue weighted by Crippen LogP contribution is 2.25. The van der Waals surface area contributed by atoms with E-state index in [1.807, 2.05) is 0 Å². The van der Waals surface area contributed by atoms with Crippen LogP contribution in [0.4, 0.5) is 5.69 Å². The summed E-state index contributed by atoms with van der Waals surface area (Å²) in [4.78, 5) is 0. The Bertz CT molecular complexity index is 288. The van der Waals surface area contributed by atoms with Gasteiger partial charge in [-0.25, -0.2) is 5.43 Å². The van der Waals surface area contributed by atoms with Crippen LogP contribution in [0.1, 0.15) is 5.56 Å². The van der Waals surface area contributed by atoms with Gasteiger partial charge >= 0.3 is 0 Å². The predicted octanol–water partition coefficient (Wildman–Crippen LogP) is 1.48. The molecule has 1 N–H and O–H groups in total. The highest BCUT2D eigenvalue weighted by Gasteiger charge is 2.16. The maximum Gasteiger partial charge on any atom is 0.0552 e. The molecule has 0 aromatic heterocycles. The number of hydrazine groups is 1. The van der Waals surface area contributed by atoms with Gasteiger partial charge in [0.05, 0.1) is 5.69 Å². The van der Waals surface area contributed by atoms with Gasteiger partial charge in [-0.15, -0.1) is 0 Å². The second kappa shape index (κ2) is 4.03. The molecule has 0 atom stereocenters. The molecule has 0 amide bonds. The maximum absolute atomic E-state index is 4.17. The number of hydrogen-bond donors (Lipinski definition) is 2. The fraction of sp³-hybridized carbons (Fsp3) is 0.400. The van der Waals surface area contributed by atoms with Crippen molar-refractivity contribution in [3.8, 4) is 0 Å². The quantitative estimate of drug-likeness (QED) is 0.709. The van der Waals surface area contributed by atoms with Crippen molar-refractivity contribution < 1.29 is 0 Å². The first-order chi connectivity index (χ1) is 6.42. The van der Waals surface area contributed by atoms with Crippen LogP contribution in [0, 0.1) is 0 Å². The van der Waals surface area contributed by atoms with Gasteiger partial charge in [0.2, 0.25) is 0 Å². The number of benzene rings is 1. The fourth-order valence-corrected chi connectivity index (χ4v) is 1.79. The van der Waals surface area contributed by atoms with Gasteiger partial charge < -0.3 is 5.01 Å². The molecule has 0 fully saturated rings. The highest BCUT2D eigenvalue weighted by molar-refractivity contribution is 7.80. The predicted molar refractivity (Wildman–Crippen MR) is 59.3 cm³/mol. The Morgan fingerprint density at radius 3 is 3.08 bits per heavy atom. The van der Waals surface area contributed by atoms with Crippen LogP contribution in [0.3, 0.4) is 0 Å². The van der Waals surface area contributed by atoms with E-state index in [1.165, 1.54) is 11.3 Å². The summed E-state index contributed by atoms with van der Waals surface area (Å²) in [5.41, 5.74) is 6.11. The minimum absolute atomic E-state index is 0.874. The summed E-state index contributed by atoms with van der Waals surface area (Å²) in [7, 11) is 0. The Hall–Kier alpha value is -0.670. The first-order valence-corrected chi connectivity index (χ1v) is 5.25. The molecule has 2 rings (SSSR count). The van der Waals surface area contributed by atoms with Gasteiger partial charge in [0.25, 0.3) is 0 Å². The minimum atomic E-state index is 0.874. The van der Waals surface area contributed by atoms with E-state index in [0.717, 1.165) is 25.3 Å². The summed E-state index contributed by atoms with van der Waals surface area (Å²) in [6.45, 7) is 2.00. The minimum Gasteiger partial charge on any atom is -0.308 e. The topological polar surface area (TPSA) is 15.3 Å². The molecule has 0 saturated heterocycles. The number of anilines is 1. The van der Waals surface area contributed by atoms with Gasteiger partial charge in [0, 0.05) is 18.8 Å². The standard InChI is InChI=1S/C10H14N2S/c13-8-6-11-12-7-5-9-3-1-2-4-10(9)12/h1-4,11,13H,5-8H2. The Morgan fingerprint density at radius 2 is 2.23 bits per heavy atom. The van der Waals surface area contributed by atoms with Crippen molar-refractivity contribution >= 4 is 18.3 Å². The highest BCUT2D eigenvalue weighted by atomic mass is 32.1. The number of thiol groups is 1. The number of rotatable bonds is 3. The number of nitrogens with one attached hydrogen (secondary N) is 1. The van der Waals surface area contributed by atoms with Crippen LogP contribution in [-0.4, -0.2) is 18.8 Å². The second-order valence-electron chi connectivity index (χ2n) is 3.16. The van der Waals surface area contributed by atoms with Crippen LogP contribution < -0.4 is 10.4 Å². The largest absolute Gasteiger partial charge is 0.308 e. The van der Waals surface area contributed by atoms with E-state index in [1.54, 1.807) is 0 Å². The van der Waals surface area contributed by atoms with Crippen molar-refractivity contribution in [2.75, 3.05) is 23.9 Å². The summed E-state index contributed by atoms with van der Waals surface area (Å²) >= 11 is 4.17. The molecule has 0 unspecified atom stereocenters. The van der Waals surface area contributed by atoms with E-state index in [4.69, 9.17) is 0 Å². The molecule has 2 nitrogen and oxygen atoms in total. The zero-order chi connectivity index (χ0) is 9.10. The molecular formula is C10H14N2S. The van der Waals surface area contributed by atoms with Gasteiger partial charge in [-0.1, -0.05) is 18.2 Å². The Balaban J connectivity index is 2.09. The number of nitrogens with zero attached hydrogens (tertiary/aromatic N) is 1. The molecular weight excluding hydrogens is 180 g/mol. The summed E-state index contributed by atoms with van der Waals surface area (Å²) in [6, 6.07) is 8.53. The summed E-state index contributed by atoms with van der Waals surface area (Å²) in [5, 5.41) is 2.21. The van der Waals surface area contributed by atoms with E-state index in [2.05, 4.69) is 47.3 Å². The molecule has 1 heterocycles. The SMILES string of the molecule is SCCNN1CCc2ccccc21. The monoisotopic (exact) mass is 194 g/mol. The van der Waals surface area contributed by atoms with E-state index < -0.39 is 0 Å².